The number of nitro groups is 1. The van der Waals surface area contributed by atoms with Crippen molar-refractivity contribution in [3.05, 3.63) is 61.8 Å². The third-order valence-electron chi connectivity index (χ3n) is 3.44. The molecule has 0 radical (unpaired) electrons. The molecule has 4 aromatic rings. The van der Waals surface area contributed by atoms with E-state index in [2.05, 4.69) is 20.2 Å². The number of hydrogen-bond donors (Lipinski definition) is 2. The fraction of sp³-hybridized carbons (Fsp3) is 0. The molecule has 0 fully saturated rings. The highest BCUT2D eigenvalue weighted by atomic mass is 16.6. The largest absolute Gasteiger partial charge is 0.348 e. The average Bonchev–Trinajstić information content (AvgIpc) is 3.17. The topological polar surface area (TPSA) is 144 Å². The number of aromatic nitrogens is 6. The lowest BCUT2D eigenvalue weighted by atomic mass is 10.2. The van der Waals surface area contributed by atoms with Gasteiger partial charge in [-0.05, 0) is 6.07 Å². The first-order valence-corrected chi connectivity index (χ1v) is 6.36. The monoisotopic (exact) mass is 313 g/mol. The predicted molar refractivity (Wildman–Crippen MR) is 77.7 cm³/mol. The van der Waals surface area contributed by atoms with Crippen molar-refractivity contribution in [2.45, 2.75) is 0 Å². The van der Waals surface area contributed by atoms with E-state index >= 15 is 0 Å². The molecular weight excluding hydrogens is 306 g/mol. The van der Waals surface area contributed by atoms with Gasteiger partial charge in [0.05, 0.1) is 22.5 Å². The minimum absolute atomic E-state index is 0.0557. The summed E-state index contributed by atoms with van der Waals surface area (Å²) in [6.45, 7) is 0. The number of fused-ring (bicyclic) bond motifs is 3. The van der Waals surface area contributed by atoms with Crippen molar-refractivity contribution in [1.29, 1.82) is 0 Å². The van der Waals surface area contributed by atoms with Gasteiger partial charge in [0.1, 0.15) is 5.52 Å². The lowest BCUT2D eigenvalue weighted by Gasteiger charge is -2.06. The van der Waals surface area contributed by atoms with Crippen molar-refractivity contribution in [2.75, 3.05) is 0 Å². The van der Waals surface area contributed by atoms with Crippen LogP contribution in [0.5, 0.6) is 0 Å². The Morgan fingerprint density at radius 1 is 1.26 bits per heavy atom. The molecule has 0 saturated carbocycles. The van der Waals surface area contributed by atoms with E-state index in [9.17, 15) is 19.7 Å². The van der Waals surface area contributed by atoms with Crippen LogP contribution in [0.2, 0.25) is 0 Å². The number of nitrogens with zero attached hydrogens (tertiary/aromatic N) is 5. The molecule has 0 atom stereocenters. The zero-order chi connectivity index (χ0) is 16.1. The maximum atomic E-state index is 12.0. The van der Waals surface area contributed by atoms with Crippen LogP contribution < -0.4 is 11.2 Å². The molecule has 0 amide bonds. The molecule has 0 spiro atoms. The Kier molecular flexibility index (Phi) is 2.46. The summed E-state index contributed by atoms with van der Waals surface area (Å²) in [5.74, 6) is 0. The lowest BCUT2D eigenvalue weighted by molar-refractivity contribution is -0.383. The molecule has 0 aliphatic heterocycles. The number of aromatic amines is 2. The molecule has 2 N–H and O–H groups in total. The smallest absolute Gasteiger partial charge is 0.312 e. The summed E-state index contributed by atoms with van der Waals surface area (Å²) < 4.78 is 2.55. The van der Waals surface area contributed by atoms with E-state index in [1.807, 2.05) is 0 Å². The molecule has 11 heteroatoms. The van der Waals surface area contributed by atoms with Crippen molar-refractivity contribution in [2.24, 2.45) is 0 Å². The summed E-state index contributed by atoms with van der Waals surface area (Å²) in [5.41, 5.74) is -1.33. The summed E-state index contributed by atoms with van der Waals surface area (Å²) in [5, 5.41) is 17.1. The van der Waals surface area contributed by atoms with Crippen molar-refractivity contribution < 1.29 is 4.92 Å². The lowest BCUT2D eigenvalue weighted by Crippen LogP contribution is -2.18. The molecule has 0 unspecified atom stereocenters. The number of rotatable bonds is 2. The fourth-order valence-electron chi connectivity index (χ4n) is 2.45. The van der Waals surface area contributed by atoms with Crippen LogP contribution in [-0.2, 0) is 0 Å². The number of hydrogen-bond acceptors (Lipinski definition) is 6. The third kappa shape index (κ3) is 1.76. The molecular formula is C12H7N7O4. The van der Waals surface area contributed by atoms with E-state index in [-0.39, 0.29) is 22.4 Å². The van der Waals surface area contributed by atoms with Gasteiger partial charge in [0.2, 0.25) is 5.65 Å². The van der Waals surface area contributed by atoms with Gasteiger partial charge >= 0.3 is 5.69 Å². The molecule has 0 bridgehead atoms. The summed E-state index contributed by atoms with van der Waals surface area (Å²) in [6, 6.07) is 2.82. The summed E-state index contributed by atoms with van der Waals surface area (Å²) >= 11 is 0. The molecule has 4 rings (SSSR count). The normalized spacial score (nSPS) is 11.3. The number of non-ortho nitro benzene ring substituents is 1. The van der Waals surface area contributed by atoms with Crippen LogP contribution in [0.3, 0.4) is 0 Å². The van der Waals surface area contributed by atoms with Crippen LogP contribution in [0.15, 0.2) is 40.4 Å². The van der Waals surface area contributed by atoms with E-state index in [0.717, 1.165) is 4.40 Å². The Hall–Kier alpha value is -3.76. The van der Waals surface area contributed by atoms with Gasteiger partial charge in [-0.2, -0.15) is 0 Å². The Labute approximate surface area is 125 Å². The maximum Gasteiger partial charge on any atom is 0.348 e. The van der Waals surface area contributed by atoms with Gasteiger partial charge in [-0.1, -0.05) is 0 Å². The van der Waals surface area contributed by atoms with Gasteiger partial charge in [-0.15, -0.1) is 5.10 Å². The fourth-order valence-corrected chi connectivity index (χ4v) is 2.45. The molecule has 11 nitrogen and oxygen atoms in total. The highest BCUT2D eigenvalue weighted by Gasteiger charge is 2.20. The SMILES string of the molecule is O=c1[nH]c2c([N+](=O)[O-])cc(-n3ccnc3)cc2n2c(=O)[nH]nc12. The van der Waals surface area contributed by atoms with E-state index in [1.165, 1.54) is 24.7 Å². The highest BCUT2D eigenvalue weighted by molar-refractivity contribution is 5.88. The van der Waals surface area contributed by atoms with Crippen LogP contribution in [0.25, 0.3) is 22.4 Å². The van der Waals surface area contributed by atoms with Crippen molar-refractivity contribution in [1.82, 2.24) is 29.1 Å². The summed E-state index contributed by atoms with van der Waals surface area (Å²) in [4.78, 5) is 40.9. The van der Waals surface area contributed by atoms with Gasteiger partial charge in [-0.3, -0.25) is 14.9 Å². The summed E-state index contributed by atoms with van der Waals surface area (Å²) in [7, 11) is 0. The van der Waals surface area contributed by atoms with Crippen LogP contribution in [-0.4, -0.2) is 34.1 Å². The minimum Gasteiger partial charge on any atom is -0.312 e. The van der Waals surface area contributed by atoms with Crippen LogP contribution in [0.4, 0.5) is 5.69 Å². The van der Waals surface area contributed by atoms with Gasteiger partial charge in [0, 0.05) is 18.5 Å². The van der Waals surface area contributed by atoms with Gasteiger partial charge < -0.3 is 9.55 Å². The molecule has 1 aromatic carbocycles. The Morgan fingerprint density at radius 3 is 2.78 bits per heavy atom. The quantitative estimate of drug-likeness (QED) is 0.392. The Morgan fingerprint density at radius 2 is 2.09 bits per heavy atom. The molecule has 23 heavy (non-hydrogen) atoms. The van der Waals surface area contributed by atoms with E-state index in [4.69, 9.17) is 0 Å². The van der Waals surface area contributed by atoms with Gasteiger partial charge in [-0.25, -0.2) is 19.3 Å². The second kappa shape index (κ2) is 4.37. The first-order chi connectivity index (χ1) is 11.1. The average molecular weight is 313 g/mol. The van der Waals surface area contributed by atoms with E-state index < -0.39 is 16.2 Å². The number of nitrogens with one attached hydrogen (secondary N) is 2. The van der Waals surface area contributed by atoms with Crippen molar-refractivity contribution in [3.63, 3.8) is 0 Å². The minimum atomic E-state index is -0.700. The van der Waals surface area contributed by atoms with Crippen LogP contribution in [0, 0.1) is 10.1 Å². The zero-order valence-corrected chi connectivity index (χ0v) is 11.3. The molecule has 114 valence electrons. The predicted octanol–water partition coefficient (Wildman–Crippen LogP) is -0.0420. The summed E-state index contributed by atoms with van der Waals surface area (Å²) in [6.07, 6.45) is 4.58. The maximum absolute atomic E-state index is 12.0. The number of nitro benzene ring substituents is 1. The number of benzene rings is 1. The third-order valence-corrected chi connectivity index (χ3v) is 3.44. The van der Waals surface area contributed by atoms with Gasteiger partial charge in [0.15, 0.2) is 0 Å². The van der Waals surface area contributed by atoms with Crippen LogP contribution in [0.1, 0.15) is 0 Å². The Bertz CT molecular complexity index is 1180. The van der Waals surface area contributed by atoms with E-state index in [1.54, 1.807) is 10.8 Å². The molecule has 3 aromatic heterocycles. The van der Waals surface area contributed by atoms with E-state index in [0.29, 0.717) is 5.69 Å². The second-order valence-corrected chi connectivity index (χ2v) is 4.73. The van der Waals surface area contributed by atoms with Crippen LogP contribution >= 0.6 is 0 Å². The molecule has 0 aliphatic rings. The second-order valence-electron chi connectivity index (χ2n) is 4.73. The van der Waals surface area contributed by atoms with Crippen molar-refractivity contribution >= 4 is 22.4 Å². The number of H-pyrrole nitrogens is 2. The Balaban J connectivity index is 2.26. The van der Waals surface area contributed by atoms with Gasteiger partial charge in [0.25, 0.3) is 11.2 Å². The first kappa shape index (κ1) is 12.9. The molecule has 0 aliphatic carbocycles. The number of imidazole rings is 1. The molecule has 3 heterocycles. The first-order valence-electron chi connectivity index (χ1n) is 6.36. The standard InChI is InChI=1S/C12H7N7O4/c20-11-10-15-16-12(21)18(10)7-3-6(17-2-1-13-5-17)4-8(19(22)23)9(7)14-11/h1-5H,(H,14,20)(H,16,21). The molecule has 0 saturated heterocycles. The zero-order valence-electron chi connectivity index (χ0n) is 11.3. The van der Waals surface area contributed by atoms with Crippen molar-refractivity contribution in [3.8, 4) is 5.69 Å². The highest BCUT2D eigenvalue weighted by Crippen LogP contribution is 2.26.